The van der Waals surface area contributed by atoms with Crippen LogP contribution in [0.5, 0.6) is 0 Å². The highest BCUT2D eigenvalue weighted by atomic mass is 16.5. The lowest BCUT2D eigenvalue weighted by molar-refractivity contribution is -0.119. The molecule has 1 aliphatic heterocycles. The number of anilines is 1. The van der Waals surface area contributed by atoms with Crippen molar-refractivity contribution in [3.63, 3.8) is 0 Å². The molecule has 1 fully saturated rings. The Balaban J connectivity index is 2.05. The van der Waals surface area contributed by atoms with E-state index < -0.39 is 5.97 Å². The van der Waals surface area contributed by atoms with E-state index >= 15 is 0 Å². The van der Waals surface area contributed by atoms with Gasteiger partial charge in [0.2, 0.25) is 5.91 Å². The molecule has 19 heavy (non-hydrogen) atoms. The molecule has 1 aliphatic rings. The summed E-state index contributed by atoms with van der Waals surface area (Å²) in [6.45, 7) is 4.10. The molecule has 1 aromatic rings. The van der Waals surface area contributed by atoms with E-state index in [1.54, 1.807) is 19.1 Å². The van der Waals surface area contributed by atoms with E-state index in [9.17, 15) is 9.59 Å². The molecule has 1 saturated heterocycles. The van der Waals surface area contributed by atoms with Gasteiger partial charge < -0.3 is 15.2 Å². The maximum atomic E-state index is 12.0. The first-order valence-corrected chi connectivity index (χ1v) is 6.24. The third-order valence-electron chi connectivity index (χ3n) is 3.29. The molecule has 1 heterocycles. The van der Waals surface area contributed by atoms with Crippen molar-refractivity contribution in [2.45, 2.75) is 26.4 Å². The molecule has 2 atom stereocenters. The number of rotatable bonds is 3. The molecule has 5 nitrogen and oxygen atoms in total. The molecule has 1 amide bonds. The lowest BCUT2D eigenvalue weighted by Gasteiger charge is -2.11. The van der Waals surface area contributed by atoms with Gasteiger partial charge in [-0.2, -0.15) is 0 Å². The third kappa shape index (κ3) is 3.12. The molecule has 2 N–H and O–H groups in total. The first kappa shape index (κ1) is 13.5. The Hall–Kier alpha value is -1.88. The van der Waals surface area contributed by atoms with Crippen LogP contribution >= 0.6 is 0 Å². The maximum Gasteiger partial charge on any atom is 0.335 e. The van der Waals surface area contributed by atoms with Crippen molar-refractivity contribution in [1.82, 2.24) is 0 Å². The van der Waals surface area contributed by atoms with Crippen LogP contribution in [0.1, 0.15) is 29.3 Å². The van der Waals surface area contributed by atoms with Crippen molar-refractivity contribution >= 4 is 17.6 Å². The number of carboxylic acid groups (broad SMARTS) is 1. The van der Waals surface area contributed by atoms with Crippen molar-refractivity contribution in [1.29, 1.82) is 0 Å². The van der Waals surface area contributed by atoms with Crippen LogP contribution in [-0.4, -0.2) is 29.7 Å². The largest absolute Gasteiger partial charge is 0.478 e. The highest BCUT2D eigenvalue weighted by molar-refractivity contribution is 5.94. The second-order valence-corrected chi connectivity index (χ2v) is 4.90. The minimum Gasteiger partial charge on any atom is -0.478 e. The maximum absolute atomic E-state index is 12.0. The van der Waals surface area contributed by atoms with Crippen LogP contribution in [0.3, 0.4) is 0 Å². The molecule has 0 radical (unpaired) electrons. The number of benzene rings is 1. The minimum atomic E-state index is -0.964. The van der Waals surface area contributed by atoms with E-state index in [-0.39, 0.29) is 23.5 Å². The summed E-state index contributed by atoms with van der Waals surface area (Å²) in [6.07, 6.45) is 0.838. The molecule has 0 aliphatic carbocycles. The van der Waals surface area contributed by atoms with Crippen LogP contribution in [0, 0.1) is 12.8 Å². The Labute approximate surface area is 111 Å². The number of carbonyl (C=O) groups is 2. The molecule has 5 heteroatoms. The SMILES string of the molecule is Cc1cc(NC(=O)C2COC(C)C2)ccc1C(=O)O. The quantitative estimate of drug-likeness (QED) is 0.875. The zero-order chi connectivity index (χ0) is 14.0. The minimum absolute atomic E-state index is 0.0770. The first-order valence-electron chi connectivity index (χ1n) is 6.24. The van der Waals surface area contributed by atoms with Gasteiger partial charge in [0.1, 0.15) is 0 Å². The number of hydrogen-bond acceptors (Lipinski definition) is 3. The van der Waals surface area contributed by atoms with E-state index in [2.05, 4.69) is 5.32 Å². The van der Waals surface area contributed by atoms with Gasteiger partial charge in [-0.15, -0.1) is 0 Å². The number of amides is 1. The average Bonchev–Trinajstić information content (AvgIpc) is 2.75. The number of nitrogens with one attached hydrogen (secondary N) is 1. The van der Waals surface area contributed by atoms with E-state index in [4.69, 9.17) is 9.84 Å². The van der Waals surface area contributed by atoms with Gasteiger partial charge in [0.25, 0.3) is 0 Å². The monoisotopic (exact) mass is 263 g/mol. The van der Waals surface area contributed by atoms with Crippen molar-refractivity contribution in [2.24, 2.45) is 5.92 Å². The molecular weight excluding hydrogens is 246 g/mol. The Morgan fingerprint density at radius 1 is 1.42 bits per heavy atom. The van der Waals surface area contributed by atoms with Crippen LogP contribution in [0.15, 0.2) is 18.2 Å². The van der Waals surface area contributed by atoms with Crippen LogP contribution < -0.4 is 5.32 Å². The van der Waals surface area contributed by atoms with Crippen LogP contribution in [0.2, 0.25) is 0 Å². The Morgan fingerprint density at radius 2 is 2.16 bits per heavy atom. The van der Waals surface area contributed by atoms with Gasteiger partial charge in [-0.1, -0.05) is 0 Å². The summed E-state index contributed by atoms with van der Waals surface area (Å²) in [5, 5.41) is 11.7. The van der Waals surface area contributed by atoms with Crippen molar-refractivity contribution < 1.29 is 19.4 Å². The number of ether oxygens (including phenoxy) is 1. The van der Waals surface area contributed by atoms with Crippen LogP contribution in [0.25, 0.3) is 0 Å². The molecule has 0 aromatic heterocycles. The van der Waals surface area contributed by atoms with Gasteiger partial charge in [0, 0.05) is 5.69 Å². The summed E-state index contributed by atoms with van der Waals surface area (Å²) in [6, 6.07) is 4.77. The van der Waals surface area contributed by atoms with Crippen molar-refractivity contribution in [3.8, 4) is 0 Å². The van der Waals surface area contributed by atoms with Gasteiger partial charge in [-0.05, 0) is 44.0 Å². The molecule has 2 unspecified atom stereocenters. The van der Waals surface area contributed by atoms with E-state index in [1.165, 1.54) is 6.07 Å². The second-order valence-electron chi connectivity index (χ2n) is 4.90. The standard InChI is InChI=1S/C14H17NO4/c1-8-5-11(3-4-12(8)14(17)18)15-13(16)10-6-9(2)19-7-10/h3-5,9-10H,6-7H2,1-2H3,(H,15,16)(H,17,18). The molecule has 0 saturated carbocycles. The lowest BCUT2D eigenvalue weighted by Crippen LogP contribution is -2.23. The highest BCUT2D eigenvalue weighted by Gasteiger charge is 2.28. The summed E-state index contributed by atoms with van der Waals surface area (Å²) in [5.74, 6) is -1.17. The molecular formula is C14H17NO4. The van der Waals surface area contributed by atoms with Gasteiger partial charge in [-0.3, -0.25) is 4.79 Å². The first-order chi connectivity index (χ1) is 8.97. The zero-order valence-electron chi connectivity index (χ0n) is 11.0. The number of aryl methyl sites for hydroxylation is 1. The van der Waals surface area contributed by atoms with Crippen LogP contribution in [0.4, 0.5) is 5.69 Å². The Morgan fingerprint density at radius 3 is 2.68 bits per heavy atom. The molecule has 102 valence electrons. The molecule has 0 bridgehead atoms. The highest BCUT2D eigenvalue weighted by Crippen LogP contribution is 2.22. The van der Waals surface area contributed by atoms with Crippen molar-refractivity contribution in [3.05, 3.63) is 29.3 Å². The predicted molar refractivity (Wildman–Crippen MR) is 70.3 cm³/mol. The van der Waals surface area contributed by atoms with Crippen LogP contribution in [-0.2, 0) is 9.53 Å². The third-order valence-corrected chi connectivity index (χ3v) is 3.29. The Kier molecular flexibility index (Phi) is 3.85. The lowest BCUT2D eigenvalue weighted by atomic mass is 10.0. The second kappa shape index (κ2) is 5.40. The average molecular weight is 263 g/mol. The number of carbonyl (C=O) groups excluding carboxylic acids is 1. The zero-order valence-corrected chi connectivity index (χ0v) is 11.0. The van der Waals surface area contributed by atoms with E-state index in [0.29, 0.717) is 17.9 Å². The topological polar surface area (TPSA) is 75.6 Å². The predicted octanol–water partition coefficient (Wildman–Crippen LogP) is 2.06. The summed E-state index contributed by atoms with van der Waals surface area (Å²) >= 11 is 0. The molecule has 0 spiro atoms. The Bertz CT molecular complexity index is 512. The number of carboxylic acids is 1. The van der Waals surface area contributed by atoms with E-state index in [1.807, 2.05) is 6.92 Å². The summed E-state index contributed by atoms with van der Waals surface area (Å²) in [7, 11) is 0. The number of hydrogen-bond donors (Lipinski definition) is 2. The summed E-state index contributed by atoms with van der Waals surface area (Å²) in [4.78, 5) is 22.9. The van der Waals surface area contributed by atoms with Gasteiger partial charge in [-0.25, -0.2) is 4.79 Å². The fourth-order valence-electron chi connectivity index (χ4n) is 2.23. The molecule has 1 aromatic carbocycles. The molecule has 2 rings (SSSR count). The number of aromatic carboxylic acids is 1. The van der Waals surface area contributed by atoms with Gasteiger partial charge in [0.15, 0.2) is 0 Å². The van der Waals surface area contributed by atoms with E-state index in [0.717, 1.165) is 6.42 Å². The van der Waals surface area contributed by atoms with Gasteiger partial charge in [0.05, 0.1) is 24.2 Å². The summed E-state index contributed by atoms with van der Waals surface area (Å²) in [5.41, 5.74) is 1.49. The summed E-state index contributed by atoms with van der Waals surface area (Å²) < 4.78 is 5.36. The van der Waals surface area contributed by atoms with Crippen molar-refractivity contribution in [2.75, 3.05) is 11.9 Å². The normalized spacial score (nSPS) is 22.2. The smallest absolute Gasteiger partial charge is 0.335 e. The fraction of sp³-hybridized carbons (Fsp3) is 0.429. The van der Waals surface area contributed by atoms with Gasteiger partial charge >= 0.3 is 5.97 Å². The fourth-order valence-corrected chi connectivity index (χ4v) is 2.23.